The number of benzene rings is 3. The molecule has 0 aliphatic carbocycles. The lowest BCUT2D eigenvalue weighted by atomic mass is 9.92. The molecule has 178 valence electrons. The first-order chi connectivity index (χ1) is 16.8. The van der Waals surface area contributed by atoms with Crippen molar-refractivity contribution in [2.45, 2.75) is 51.8 Å². The Bertz CT molecular complexity index is 1310. The Morgan fingerprint density at radius 3 is 2.43 bits per heavy atom. The Kier molecular flexibility index (Phi) is 5.93. The maximum atomic E-state index is 13.3. The molecule has 2 heterocycles. The summed E-state index contributed by atoms with van der Waals surface area (Å²) in [5, 5.41) is 11.4. The van der Waals surface area contributed by atoms with E-state index < -0.39 is 17.7 Å². The second-order valence-corrected chi connectivity index (χ2v) is 9.69. The van der Waals surface area contributed by atoms with Crippen molar-refractivity contribution in [1.82, 2.24) is 4.90 Å². The summed E-state index contributed by atoms with van der Waals surface area (Å²) in [4.78, 5) is 28.1. The molecule has 1 saturated heterocycles. The average molecular weight is 468 g/mol. The van der Waals surface area contributed by atoms with Gasteiger partial charge in [0.25, 0.3) is 11.7 Å². The highest BCUT2D eigenvalue weighted by Crippen LogP contribution is 2.41. The fourth-order valence-corrected chi connectivity index (χ4v) is 4.96. The van der Waals surface area contributed by atoms with Gasteiger partial charge in [0, 0.05) is 18.5 Å². The fourth-order valence-electron chi connectivity index (χ4n) is 4.96. The number of aliphatic hydroxyl groups is 1. The van der Waals surface area contributed by atoms with Crippen LogP contribution in [0.3, 0.4) is 0 Å². The topological polar surface area (TPSA) is 66.8 Å². The molecule has 0 bridgehead atoms. The molecule has 1 amide bonds. The number of aliphatic hydroxyl groups excluding tert-OH is 1. The lowest BCUT2D eigenvalue weighted by Crippen LogP contribution is -2.29. The molecule has 5 rings (SSSR count). The quantitative estimate of drug-likeness (QED) is 0.295. The van der Waals surface area contributed by atoms with Gasteiger partial charge in [-0.1, -0.05) is 68.4 Å². The molecule has 1 N–H and O–H groups in total. The minimum Gasteiger partial charge on any atom is -0.507 e. The Labute approximate surface area is 205 Å². The first kappa shape index (κ1) is 22.9. The number of carbonyl (C=O) groups is 2. The number of likely N-dealkylation sites (tertiary alicyclic amines) is 1. The summed E-state index contributed by atoms with van der Waals surface area (Å²) in [6, 6.07) is 22.3. The summed E-state index contributed by atoms with van der Waals surface area (Å²) in [7, 11) is 0. The van der Waals surface area contributed by atoms with Gasteiger partial charge in [0.15, 0.2) is 0 Å². The normalized spacial score (nSPS) is 20.9. The third-order valence-corrected chi connectivity index (χ3v) is 6.82. The lowest BCUT2D eigenvalue weighted by molar-refractivity contribution is -0.140. The predicted molar refractivity (Wildman–Crippen MR) is 135 cm³/mol. The summed E-state index contributed by atoms with van der Waals surface area (Å²) < 4.78 is 5.78. The van der Waals surface area contributed by atoms with Crippen LogP contribution < -0.4 is 4.74 Å². The number of carbonyl (C=O) groups excluding carboxylic acids is 2. The molecule has 0 radical (unpaired) electrons. The van der Waals surface area contributed by atoms with E-state index in [1.807, 2.05) is 73.7 Å². The largest absolute Gasteiger partial charge is 0.507 e. The molecule has 5 nitrogen and oxygen atoms in total. The van der Waals surface area contributed by atoms with Gasteiger partial charge in [0.2, 0.25) is 0 Å². The molecule has 2 aliphatic heterocycles. The number of ketones is 1. The van der Waals surface area contributed by atoms with E-state index >= 15 is 0 Å². The average Bonchev–Trinajstić information content (AvgIpc) is 3.35. The monoisotopic (exact) mass is 467 g/mol. The van der Waals surface area contributed by atoms with Gasteiger partial charge in [-0.05, 0) is 53.3 Å². The van der Waals surface area contributed by atoms with Gasteiger partial charge < -0.3 is 14.7 Å². The third-order valence-electron chi connectivity index (χ3n) is 6.82. The highest BCUT2D eigenvalue weighted by molar-refractivity contribution is 6.46. The zero-order chi connectivity index (χ0) is 24.7. The van der Waals surface area contributed by atoms with Gasteiger partial charge in [-0.3, -0.25) is 9.59 Å². The van der Waals surface area contributed by atoms with Gasteiger partial charge in [-0.25, -0.2) is 0 Å². The molecule has 5 heteroatoms. The second kappa shape index (κ2) is 9.06. The van der Waals surface area contributed by atoms with E-state index in [4.69, 9.17) is 4.74 Å². The highest BCUT2D eigenvalue weighted by atomic mass is 16.5. The minimum atomic E-state index is -0.681. The molecular weight excluding hydrogens is 438 g/mol. The van der Waals surface area contributed by atoms with Crippen LogP contribution in [0.4, 0.5) is 0 Å². The van der Waals surface area contributed by atoms with E-state index in [9.17, 15) is 14.7 Å². The number of hydrogen-bond donors (Lipinski definition) is 1. The van der Waals surface area contributed by atoms with Crippen molar-refractivity contribution in [3.8, 4) is 5.75 Å². The van der Waals surface area contributed by atoms with Crippen molar-refractivity contribution in [3.63, 3.8) is 0 Å². The lowest BCUT2D eigenvalue weighted by Gasteiger charge is -2.26. The highest BCUT2D eigenvalue weighted by Gasteiger charge is 2.46. The molecule has 0 unspecified atom stereocenters. The summed E-state index contributed by atoms with van der Waals surface area (Å²) in [5.74, 6) is -0.276. The Balaban J connectivity index is 1.62. The number of nitrogens with zero attached hydrogens (tertiary/aromatic N) is 1. The van der Waals surface area contributed by atoms with Crippen LogP contribution in [0.2, 0.25) is 0 Å². The van der Waals surface area contributed by atoms with Gasteiger partial charge >= 0.3 is 0 Å². The van der Waals surface area contributed by atoms with Crippen LogP contribution in [0.1, 0.15) is 60.5 Å². The van der Waals surface area contributed by atoms with Crippen LogP contribution >= 0.6 is 0 Å². The molecular formula is C30H29NO4. The van der Waals surface area contributed by atoms with Crippen LogP contribution in [0.15, 0.2) is 78.4 Å². The van der Waals surface area contributed by atoms with Crippen LogP contribution in [0.25, 0.3) is 5.76 Å². The van der Waals surface area contributed by atoms with Crippen LogP contribution in [0, 0.1) is 0 Å². The number of hydrogen-bond acceptors (Lipinski definition) is 4. The van der Waals surface area contributed by atoms with Crippen LogP contribution in [0.5, 0.6) is 5.75 Å². The van der Waals surface area contributed by atoms with Crippen molar-refractivity contribution in [2.75, 3.05) is 0 Å². The molecule has 3 aromatic rings. The summed E-state index contributed by atoms with van der Waals surface area (Å²) in [6.45, 7) is 6.51. The van der Waals surface area contributed by atoms with Gasteiger partial charge in [-0.15, -0.1) is 0 Å². The summed E-state index contributed by atoms with van der Waals surface area (Å²) in [5.41, 5.74) is 4.50. The van der Waals surface area contributed by atoms with E-state index in [1.54, 1.807) is 11.0 Å². The van der Waals surface area contributed by atoms with Crippen molar-refractivity contribution in [2.24, 2.45) is 0 Å². The van der Waals surface area contributed by atoms with Crippen molar-refractivity contribution in [3.05, 3.63) is 106 Å². The first-order valence-corrected chi connectivity index (χ1v) is 12.1. The number of Topliss-reactive ketones (excluding diaryl/α,β-unsaturated/α-hetero) is 1. The first-order valence-electron chi connectivity index (χ1n) is 12.1. The van der Waals surface area contributed by atoms with E-state index in [1.165, 1.54) is 5.56 Å². The number of amides is 1. The molecule has 35 heavy (non-hydrogen) atoms. The maximum absolute atomic E-state index is 13.3. The van der Waals surface area contributed by atoms with Crippen molar-refractivity contribution >= 4 is 17.4 Å². The smallest absolute Gasteiger partial charge is 0.295 e. The van der Waals surface area contributed by atoms with Gasteiger partial charge in [-0.2, -0.15) is 0 Å². The molecule has 0 saturated carbocycles. The number of rotatable bonds is 5. The Hall–Kier alpha value is -3.86. The van der Waals surface area contributed by atoms with E-state index in [-0.39, 0.29) is 24.0 Å². The fraction of sp³-hybridized carbons (Fsp3) is 0.267. The summed E-state index contributed by atoms with van der Waals surface area (Å²) in [6.07, 6.45) is 0.803. The molecule has 3 aromatic carbocycles. The number of fused-ring (bicyclic) bond motifs is 1. The SMILES string of the molecule is CC(C)c1ccc([C@@H]2C(=C(O)c3ccc4c(c3)C[C@H](C)O4)C(=O)C(=O)N2Cc2ccccc2)cc1. The third kappa shape index (κ3) is 4.23. The standard InChI is InChI=1S/C30H29NO4/c1-18(2)21-9-11-22(12-10-21)27-26(28(32)23-13-14-25-24(16-23)15-19(3)35-25)29(33)30(34)31(27)17-20-7-5-4-6-8-20/h4-14,16,18-19,27,32H,15,17H2,1-3H3/t19-,27+/m0/s1. The molecule has 2 atom stereocenters. The minimum absolute atomic E-state index is 0.0679. The van der Waals surface area contributed by atoms with E-state index in [0.29, 0.717) is 11.5 Å². The van der Waals surface area contributed by atoms with E-state index in [2.05, 4.69) is 13.8 Å². The molecule has 0 aromatic heterocycles. The van der Waals surface area contributed by atoms with Crippen molar-refractivity contribution in [1.29, 1.82) is 0 Å². The second-order valence-electron chi connectivity index (χ2n) is 9.69. The van der Waals surface area contributed by atoms with Crippen LogP contribution in [-0.4, -0.2) is 27.8 Å². The molecule has 1 fully saturated rings. The summed E-state index contributed by atoms with van der Waals surface area (Å²) >= 11 is 0. The predicted octanol–water partition coefficient (Wildman–Crippen LogP) is 5.76. The Morgan fingerprint density at radius 2 is 1.74 bits per heavy atom. The molecule has 2 aliphatic rings. The van der Waals surface area contributed by atoms with Gasteiger partial charge in [0.05, 0.1) is 11.6 Å². The zero-order valence-corrected chi connectivity index (χ0v) is 20.2. The Morgan fingerprint density at radius 1 is 1.03 bits per heavy atom. The van der Waals surface area contributed by atoms with Gasteiger partial charge in [0.1, 0.15) is 17.6 Å². The maximum Gasteiger partial charge on any atom is 0.295 e. The zero-order valence-electron chi connectivity index (χ0n) is 20.2. The number of ether oxygens (including phenoxy) is 1. The van der Waals surface area contributed by atoms with Crippen LogP contribution in [-0.2, 0) is 22.6 Å². The van der Waals surface area contributed by atoms with Crippen molar-refractivity contribution < 1.29 is 19.4 Å². The molecule has 0 spiro atoms. The van der Waals surface area contributed by atoms with E-state index in [0.717, 1.165) is 28.9 Å².